The number of aromatic nitrogens is 3. The van der Waals surface area contributed by atoms with Gasteiger partial charge in [-0.25, -0.2) is 4.79 Å². The van der Waals surface area contributed by atoms with Gasteiger partial charge in [-0.2, -0.15) is 9.78 Å². The summed E-state index contributed by atoms with van der Waals surface area (Å²) in [6.07, 6.45) is 7.33. The fourth-order valence-electron chi connectivity index (χ4n) is 4.81. The van der Waals surface area contributed by atoms with E-state index in [1.165, 1.54) is 10.7 Å². The van der Waals surface area contributed by atoms with E-state index in [1.807, 2.05) is 37.3 Å². The summed E-state index contributed by atoms with van der Waals surface area (Å²) in [7, 11) is 0. The number of phenols is 1. The molecule has 0 saturated heterocycles. The average Bonchev–Trinajstić information content (AvgIpc) is 3.58. The average molecular weight is 496 g/mol. The van der Waals surface area contributed by atoms with Crippen LogP contribution in [0.2, 0.25) is 0 Å². The fraction of sp³-hybridized carbons (Fsp3) is 0.241. The minimum absolute atomic E-state index is 0.0321. The standard InChI is InChI=1S/C29H29N5O3/c1-19-5-4-6-20(15-19)18-31-29(37)34-26(21-7-2-3-8-21)17-25(33-34)24-10-9-23(16-27(24)35)32-28(36)22-11-13-30-14-12-22/h4-6,9-17,21,35H,2-3,7-8,18H2,1H3,(H,31,37)(H,32,36). The lowest BCUT2D eigenvalue weighted by Crippen LogP contribution is -2.30. The first-order valence-electron chi connectivity index (χ1n) is 12.5. The smallest absolute Gasteiger partial charge is 0.342 e. The molecule has 3 N–H and O–H groups in total. The Kier molecular flexibility index (Phi) is 6.98. The molecule has 2 amide bonds. The summed E-state index contributed by atoms with van der Waals surface area (Å²) in [4.78, 5) is 29.6. The van der Waals surface area contributed by atoms with Crippen molar-refractivity contribution >= 4 is 17.6 Å². The van der Waals surface area contributed by atoms with Crippen LogP contribution in [0.25, 0.3) is 11.3 Å². The number of amides is 2. The number of pyridine rings is 1. The van der Waals surface area contributed by atoms with Gasteiger partial charge in [-0.3, -0.25) is 9.78 Å². The molecular formula is C29H29N5O3. The van der Waals surface area contributed by atoms with Gasteiger partial charge in [0.1, 0.15) is 5.75 Å². The fourth-order valence-corrected chi connectivity index (χ4v) is 4.81. The topological polar surface area (TPSA) is 109 Å². The highest BCUT2D eigenvalue weighted by atomic mass is 16.3. The minimum atomic E-state index is -0.298. The van der Waals surface area contributed by atoms with Gasteiger partial charge in [-0.1, -0.05) is 42.7 Å². The van der Waals surface area contributed by atoms with Crippen molar-refractivity contribution in [3.05, 3.63) is 95.4 Å². The maximum absolute atomic E-state index is 13.2. The molecule has 0 radical (unpaired) electrons. The molecule has 8 nitrogen and oxygen atoms in total. The Balaban J connectivity index is 1.38. The molecule has 1 aliphatic carbocycles. The second-order valence-corrected chi connectivity index (χ2v) is 9.42. The van der Waals surface area contributed by atoms with Crippen LogP contribution in [0, 0.1) is 6.92 Å². The van der Waals surface area contributed by atoms with Crippen molar-refractivity contribution < 1.29 is 14.7 Å². The summed E-state index contributed by atoms with van der Waals surface area (Å²) in [6, 6.07) is 17.7. The Labute approximate surface area is 215 Å². The van der Waals surface area contributed by atoms with E-state index in [0.29, 0.717) is 29.1 Å². The van der Waals surface area contributed by atoms with Gasteiger partial charge in [0, 0.05) is 47.7 Å². The SMILES string of the molecule is Cc1cccc(CNC(=O)n2nc(-c3ccc(NC(=O)c4ccncc4)cc3O)cc2C2CCCC2)c1. The second-order valence-electron chi connectivity index (χ2n) is 9.42. The summed E-state index contributed by atoms with van der Waals surface area (Å²) in [5.41, 5.74) is 4.93. The number of anilines is 1. The van der Waals surface area contributed by atoms with Gasteiger partial charge in [0.05, 0.1) is 11.4 Å². The summed E-state index contributed by atoms with van der Waals surface area (Å²) in [6.45, 7) is 2.42. The molecule has 8 heteroatoms. The van der Waals surface area contributed by atoms with Crippen LogP contribution in [0.15, 0.2) is 73.1 Å². The van der Waals surface area contributed by atoms with Crippen LogP contribution in [0.5, 0.6) is 5.75 Å². The van der Waals surface area contributed by atoms with Crippen LogP contribution in [0.4, 0.5) is 10.5 Å². The van der Waals surface area contributed by atoms with E-state index in [1.54, 1.807) is 36.7 Å². The van der Waals surface area contributed by atoms with Gasteiger partial charge in [-0.05, 0) is 55.7 Å². The Morgan fingerprint density at radius 2 is 1.81 bits per heavy atom. The highest BCUT2D eigenvalue weighted by molar-refractivity contribution is 6.04. The zero-order chi connectivity index (χ0) is 25.8. The number of phenolic OH excluding ortho intramolecular Hbond substituents is 1. The molecule has 0 aliphatic heterocycles. The number of hydrogen-bond donors (Lipinski definition) is 3. The molecule has 2 aromatic heterocycles. The van der Waals surface area contributed by atoms with Crippen LogP contribution < -0.4 is 10.6 Å². The van der Waals surface area contributed by atoms with Crippen molar-refractivity contribution in [1.29, 1.82) is 0 Å². The van der Waals surface area contributed by atoms with E-state index >= 15 is 0 Å². The van der Waals surface area contributed by atoms with Crippen LogP contribution >= 0.6 is 0 Å². The van der Waals surface area contributed by atoms with Gasteiger partial charge >= 0.3 is 6.03 Å². The summed E-state index contributed by atoms with van der Waals surface area (Å²) < 4.78 is 1.44. The van der Waals surface area contributed by atoms with E-state index in [2.05, 4.69) is 20.7 Å². The molecule has 1 aliphatic rings. The third-order valence-electron chi connectivity index (χ3n) is 6.70. The van der Waals surface area contributed by atoms with Gasteiger partial charge in [0.15, 0.2) is 0 Å². The maximum Gasteiger partial charge on any atom is 0.342 e. The Bertz CT molecular complexity index is 1420. The van der Waals surface area contributed by atoms with Crippen LogP contribution in [0.3, 0.4) is 0 Å². The quantitative estimate of drug-likeness (QED) is 0.321. The van der Waals surface area contributed by atoms with Crippen LogP contribution in [0.1, 0.15) is 58.8 Å². The minimum Gasteiger partial charge on any atom is -0.507 e. The van der Waals surface area contributed by atoms with Crippen LogP contribution in [-0.2, 0) is 6.54 Å². The molecule has 1 fully saturated rings. The first kappa shape index (κ1) is 24.2. The van der Waals surface area contributed by atoms with Crippen molar-refractivity contribution in [2.75, 3.05) is 5.32 Å². The van der Waals surface area contributed by atoms with Gasteiger partial charge in [0.25, 0.3) is 5.91 Å². The molecular weight excluding hydrogens is 466 g/mol. The molecule has 0 unspecified atom stereocenters. The van der Waals surface area contributed by atoms with E-state index in [-0.39, 0.29) is 23.6 Å². The molecule has 0 bridgehead atoms. The highest BCUT2D eigenvalue weighted by Gasteiger charge is 2.26. The van der Waals surface area contributed by atoms with E-state index < -0.39 is 0 Å². The third kappa shape index (κ3) is 5.53. The summed E-state index contributed by atoms with van der Waals surface area (Å²) in [5.74, 6) is -0.0880. The monoisotopic (exact) mass is 495 g/mol. The normalized spacial score (nSPS) is 13.4. The molecule has 188 valence electrons. The number of carbonyl (C=O) groups is 2. The zero-order valence-corrected chi connectivity index (χ0v) is 20.6. The van der Waals surface area contributed by atoms with Crippen molar-refractivity contribution in [2.24, 2.45) is 0 Å². The number of hydrogen-bond acceptors (Lipinski definition) is 5. The predicted octanol–water partition coefficient (Wildman–Crippen LogP) is 5.63. The molecule has 0 spiro atoms. The van der Waals surface area contributed by atoms with Gasteiger partial charge < -0.3 is 15.7 Å². The highest BCUT2D eigenvalue weighted by Crippen LogP contribution is 2.38. The number of nitrogens with one attached hydrogen (secondary N) is 2. The zero-order valence-electron chi connectivity index (χ0n) is 20.6. The van der Waals surface area contributed by atoms with Gasteiger partial charge in [0.2, 0.25) is 0 Å². The molecule has 2 aromatic carbocycles. The van der Waals surface area contributed by atoms with E-state index in [4.69, 9.17) is 0 Å². The lowest BCUT2D eigenvalue weighted by atomic mass is 10.0. The van der Waals surface area contributed by atoms with Crippen molar-refractivity contribution in [2.45, 2.75) is 45.1 Å². The molecule has 2 heterocycles. The first-order chi connectivity index (χ1) is 18.0. The summed E-state index contributed by atoms with van der Waals surface area (Å²) >= 11 is 0. The molecule has 4 aromatic rings. The Morgan fingerprint density at radius 3 is 2.54 bits per heavy atom. The lowest BCUT2D eigenvalue weighted by Gasteiger charge is -2.12. The number of aromatic hydroxyl groups is 1. The number of benzene rings is 2. The molecule has 5 rings (SSSR count). The third-order valence-corrected chi connectivity index (χ3v) is 6.70. The van der Waals surface area contributed by atoms with Crippen molar-refractivity contribution in [1.82, 2.24) is 20.1 Å². The van der Waals surface area contributed by atoms with Crippen LogP contribution in [-0.4, -0.2) is 31.8 Å². The molecule has 37 heavy (non-hydrogen) atoms. The lowest BCUT2D eigenvalue weighted by molar-refractivity contribution is 0.102. The number of nitrogens with zero attached hydrogens (tertiary/aromatic N) is 3. The number of rotatable bonds is 6. The van der Waals surface area contributed by atoms with Crippen molar-refractivity contribution in [3.63, 3.8) is 0 Å². The molecule has 0 atom stereocenters. The van der Waals surface area contributed by atoms with Gasteiger partial charge in [-0.15, -0.1) is 0 Å². The predicted molar refractivity (Wildman–Crippen MR) is 142 cm³/mol. The first-order valence-corrected chi connectivity index (χ1v) is 12.5. The largest absolute Gasteiger partial charge is 0.507 e. The Hall–Kier alpha value is -4.46. The second kappa shape index (κ2) is 10.7. The summed E-state index contributed by atoms with van der Waals surface area (Å²) in [5, 5.41) is 21.2. The van der Waals surface area contributed by atoms with E-state index in [0.717, 1.165) is 42.5 Å². The Morgan fingerprint density at radius 1 is 1.03 bits per heavy atom. The van der Waals surface area contributed by atoms with Crippen molar-refractivity contribution in [3.8, 4) is 17.0 Å². The molecule has 1 saturated carbocycles. The number of aryl methyl sites for hydroxylation is 1. The van der Waals surface area contributed by atoms with E-state index in [9.17, 15) is 14.7 Å². The maximum atomic E-state index is 13.2. The number of carbonyl (C=O) groups excluding carboxylic acids is 2.